The average Bonchev–Trinajstić information content (AvgIpc) is 3.51. The van der Waals surface area contributed by atoms with Crippen LogP contribution in [0.4, 0.5) is 11.6 Å². The smallest absolute Gasteiger partial charge is 0.267 e. The third-order valence-electron chi connectivity index (χ3n) is 6.33. The van der Waals surface area contributed by atoms with Gasteiger partial charge in [-0.05, 0) is 44.0 Å². The van der Waals surface area contributed by atoms with Crippen LogP contribution < -0.4 is 21.9 Å². The summed E-state index contributed by atoms with van der Waals surface area (Å²) in [5.41, 5.74) is 7.63. The summed E-state index contributed by atoms with van der Waals surface area (Å²) in [4.78, 5) is 37.5. The van der Waals surface area contributed by atoms with E-state index in [0.29, 0.717) is 40.3 Å². The van der Waals surface area contributed by atoms with Crippen molar-refractivity contribution in [1.29, 1.82) is 0 Å². The summed E-state index contributed by atoms with van der Waals surface area (Å²) in [6.07, 6.45) is 3.39. The largest absolute Gasteiger partial charge is 0.381 e. The first-order valence-corrected chi connectivity index (χ1v) is 13.6. The van der Waals surface area contributed by atoms with E-state index >= 15 is 0 Å². The number of rotatable bonds is 7. The predicted molar refractivity (Wildman–Crippen MR) is 162 cm³/mol. The molecule has 0 bridgehead atoms. The number of thiazole rings is 1. The van der Waals surface area contributed by atoms with Gasteiger partial charge in [-0.2, -0.15) is 5.10 Å². The summed E-state index contributed by atoms with van der Waals surface area (Å²) < 4.78 is 3.02. The number of anilines is 2. The van der Waals surface area contributed by atoms with Crippen LogP contribution >= 0.6 is 11.3 Å². The van der Waals surface area contributed by atoms with E-state index in [0.717, 1.165) is 9.88 Å². The van der Waals surface area contributed by atoms with Gasteiger partial charge in [-0.25, -0.2) is 9.97 Å². The highest BCUT2D eigenvalue weighted by molar-refractivity contribution is 7.12. The molecule has 0 aliphatic heterocycles. The van der Waals surface area contributed by atoms with Crippen LogP contribution in [0, 0.1) is 18.8 Å². The Hall–Kier alpha value is -5.21. The highest BCUT2D eigenvalue weighted by Crippen LogP contribution is 2.24. The zero-order valence-electron chi connectivity index (χ0n) is 22.8. The van der Waals surface area contributed by atoms with Gasteiger partial charge in [-0.3, -0.25) is 18.8 Å². The number of carbonyl (C=O) groups excluding carboxylic acids is 1. The second kappa shape index (κ2) is 11.5. The van der Waals surface area contributed by atoms with Gasteiger partial charge in [-0.1, -0.05) is 36.3 Å². The van der Waals surface area contributed by atoms with Crippen molar-refractivity contribution >= 4 is 39.8 Å². The molecule has 3 heterocycles. The quantitative estimate of drug-likeness (QED) is 0.201. The van der Waals surface area contributed by atoms with Crippen molar-refractivity contribution in [1.82, 2.24) is 29.6 Å². The number of aromatic nitrogens is 5. The maximum Gasteiger partial charge on any atom is 0.267 e. The number of fused-ring (bicyclic) bond motifs is 1. The lowest BCUT2D eigenvalue weighted by Crippen LogP contribution is -2.34. The highest BCUT2D eigenvalue weighted by atomic mass is 32.1. The minimum absolute atomic E-state index is 0.0787. The molecule has 1 atom stereocenters. The molecule has 10 nitrogen and oxygen atoms in total. The first-order valence-electron chi connectivity index (χ1n) is 12.8. The molecule has 0 saturated heterocycles. The lowest BCUT2D eigenvalue weighted by atomic mass is 10.1. The number of amides is 1. The van der Waals surface area contributed by atoms with Crippen molar-refractivity contribution in [2.45, 2.75) is 19.9 Å². The molecule has 41 heavy (non-hydrogen) atoms. The maximum atomic E-state index is 14.2. The number of hydrogen-bond donors (Lipinski definition) is 3. The van der Waals surface area contributed by atoms with Crippen molar-refractivity contribution in [2.24, 2.45) is 7.05 Å². The summed E-state index contributed by atoms with van der Waals surface area (Å²) in [7, 11) is 1.69. The van der Waals surface area contributed by atoms with Gasteiger partial charge in [0.05, 0.1) is 38.7 Å². The highest BCUT2D eigenvalue weighted by Gasteiger charge is 2.25. The van der Waals surface area contributed by atoms with Gasteiger partial charge in [0.2, 0.25) is 0 Å². The zero-order chi connectivity index (χ0) is 29.1. The van der Waals surface area contributed by atoms with Gasteiger partial charge >= 0.3 is 0 Å². The fourth-order valence-corrected chi connectivity index (χ4v) is 5.12. The lowest BCUT2D eigenvalue weighted by molar-refractivity contribution is 0.0939. The Labute approximate surface area is 240 Å². The first-order chi connectivity index (χ1) is 19.8. The molecule has 4 N–H and O–H groups in total. The minimum Gasteiger partial charge on any atom is -0.381 e. The summed E-state index contributed by atoms with van der Waals surface area (Å²) in [5.74, 6) is 6.68. The fraction of sp³-hybridized carbons (Fsp3) is 0.167. The summed E-state index contributed by atoms with van der Waals surface area (Å²) in [6.45, 7) is 7.81. The van der Waals surface area contributed by atoms with E-state index in [-0.39, 0.29) is 16.9 Å². The molecule has 2 aromatic carbocycles. The average molecular weight is 565 g/mol. The molecule has 0 fully saturated rings. The molecule has 1 amide bonds. The molecular weight excluding hydrogens is 536 g/mol. The molecule has 3 aromatic heterocycles. The van der Waals surface area contributed by atoms with E-state index in [1.165, 1.54) is 20.6 Å². The monoisotopic (exact) mass is 564 g/mol. The Bertz CT molecular complexity index is 1890. The van der Waals surface area contributed by atoms with Crippen LogP contribution in [-0.4, -0.2) is 36.8 Å². The zero-order valence-corrected chi connectivity index (χ0v) is 23.6. The van der Waals surface area contributed by atoms with Crippen molar-refractivity contribution in [3.8, 4) is 17.5 Å². The number of para-hydroxylation sites is 1. The van der Waals surface area contributed by atoms with Crippen molar-refractivity contribution in [3.05, 3.63) is 105 Å². The van der Waals surface area contributed by atoms with Gasteiger partial charge in [0, 0.05) is 19.2 Å². The van der Waals surface area contributed by atoms with E-state index in [1.807, 2.05) is 43.3 Å². The number of nitrogens with two attached hydrogens (primary N) is 1. The molecule has 0 radical (unpaired) electrons. The molecule has 5 rings (SSSR count). The topological polar surface area (TPSA) is 133 Å². The van der Waals surface area contributed by atoms with Crippen LogP contribution in [-0.2, 0) is 7.05 Å². The molecule has 11 heteroatoms. The van der Waals surface area contributed by atoms with Crippen LogP contribution in [0.3, 0.4) is 0 Å². The number of benzene rings is 2. The molecule has 1 unspecified atom stereocenters. The van der Waals surface area contributed by atoms with E-state index in [2.05, 4.69) is 39.1 Å². The van der Waals surface area contributed by atoms with Gasteiger partial charge in [0.15, 0.2) is 5.82 Å². The molecule has 206 valence electrons. The predicted octanol–water partition coefficient (Wildman–Crippen LogP) is 3.96. The van der Waals surface area contributed by atoms with E-state index in [4.69, 9.17) is 10.7 Å². The number of nitrogens with one attached hydrogen (secondary N) is 2. The van der Waals surface area contributed by atoms with Gasteiger partial charge < -0.3 is 16.4 Å². The fourth-order valence-electron chi connectivity index (χ4n) is 4.49. The lowest BCUT2D eigenvalue weighted by Gasteiger charge is -2.20. The van der Waals surface area contributed by atoms with Gasteiger partial charge in [0.25, 0.3) is 11.5 Å². The second-order valence-corrected chi connectivity index (χ2v) is 10.5. The molecule has 0 aliphatic carbocycles. The standard InChI is InChI=1S/C30H28N8O2S/c1-5-16-32-28-25(26(31)36-37(28)4)29(39)34-18(2)27-35-23-13-9-10-20(14-15-22-17-33-19(3)41-22)24(23)30(40)38(27)21-11-7-6-8-12-21/h5-13,17-18,32H,1,16H2,2-4H3,(H2,31,36)(H,34,39). The Morgan fingerprint density at radius 1 is 1.20 bits per heavy atom. The molecule has 5 aromatic rings. The number of nitrogen functional groups attached to an aromatic ring is 1. The van der Waals surface area contributed by atoms with E-state index in [9.17, 15) is 9.59 Å². The first kappa shape index (κ1) is 27.4. The summed E-state index contributed by atoms with van der Waals surface area (Å²) in [6, 6.07) is 13.9. The summed E-state index contributed by atoms with van der Waals surface area (Å²) in [5, 5.41) is 11.5. The number of aryl methyl sites for hydroxylation is 2. The van der Waals surface area contributed by atoms with Gasteiger partial charge in [-0.15, -0.1) is 17.9 Å². The summed E-state index contributed by atoms with van der Waals surface area (Å²) >= 11 is 1.49. The number of carbonyl (C=O) groups is 1. The van der Waals surface area contributed by atoms with Gasteiger partial charge in [0.1, 0.15) is 17.2 Å². The van der Waals surface area contributed by atoms with Crippen LogP contribution in [0.2, 0.25) is 0 Å². The third-order valence-corrected chi connectivity index (χ3v) is 7.16. The normalized spacial score (nSPS) is 11.5. The van der Waals surface area contributed by atoms with Crippen molar-refractivity contribution in [2.75, 3.05) is 17.6 Å². The van der Waals surface area contributed by atoms with E-state index < -0.39 is 11.9 Å². The second-order valence-electron chi connectivity index (χ2n) is 9.24. The Balaban J connectivity index is 1.62. The minimum atomic E-state index is -0.679. The Kier molecular flexibility index (Phi) is 7.67. The van der Waals surface area contributed by atoms with E-state index in [1.54, 1.807) is 38.4 Å². The Morgan fingerprint density at radius 3 is 2.68 bits per heavy atom. The Morgan fingerprint density at radius 2 is 1.98 bits per heavy atom. The van der Waals surface area contributed by atoms with Crippen LogP contribution in [0.5, 0.6) is 0 Å². The third kappa shape index (κ3) is 5.46. The molecule has 0 aliphatic rings. The molecule has 0 saturated carbocycles. The molecule has 0 spiro atoms. The van der Waals surface area contributed by atoms with Crippen LogP contribution in [0.25, 0.3) is 16.6 Å². The molecular formula is C30H28N8O2S. The van der Waals surface area contributed by atoms with Crippen molar-refractivity contribution < 1.29 is 4.79 Å². The van der Waals surface area contributed by atoms with Crippen LogP contribution in [0.15, 0.2) is 72.2 Å². The van der Waals surface area contributed by atoms with Crippen molar-refractivity contribution in [3.63, 3.8) is 0 Å². The van der Waals surface area contributed by atoms with Crippen LogP contribution in [0.1, 0.15) is 44.6 Å². The number of nitrogens with zero attached hydrogens (tertiary/aromatic N) is 5. The SMILES string of the molecule is C=CCNc1c(C(=O)NC(C)c2nc3cccc(C#Cc4cnc(C)s4)c3c(=O)n2-c2ccccc2)c(N)nn1C. The maximum absolute atomic E-state index is 14.2. The number of hydrogen-bond acceptors (Lipinski definition) is 8.